The van der Waals surface area contributed by atoms with E-state index in [1.165, 1.54) is 11.3 Å². The number of carbonyl (C=O) groups excluding carboxylic acids is 1. The Morgan fingerprint density at radius 1 is 1.07 bits per heavy atom. The zero-order valence-electron chi connectivity index (χ0n) is 17.4. The van der Waals surface area contributed by atoms with E-state index >= 15 is 0 Å². The Morgan fingerprint density at radius 3 is 2.48 bits per heavy atom. The Kier molecular flexibility index (Phi) is 5.51. The number of nitrogens with one attached hydrogen (secondary N) is 1. The molecule has 6 heteroatoms. The average molecular weight is 396 g/mol. The molecule has 1 amide bonds. The van der Waals surface area contributed by atoms with Crippen LogP contribution in [-0.2, 0) is 11.2 Å². The van der Waals surface area contributed by atoms with Gasteiger partial charge in [0.05, 0.1) is 26.2 Å². The Bertz CT molecular complexity index is 868. The van der Waals surface area contributed by atoms with Crippen LogP contribution in [0.1, 0.15) is 12.5 Å². The van der Waals surface area contributed by atoms with Crippen molar-refractivity contribution in [2.45, 2.75) is 19.4 Å². The normalized spacial score (nSPS) is 20.5. The third kappa shape index (κ3) is 3.71. The molecule has 0 radical (unpaired) electrons. The third-order valence-electron chi connectivity index (χ3n) is 6.05. The van der Waals surface area contributed by atoms with Crippen LogP contribution >= 0.6 is 0 Å². The van der Waals surface area contributed by atoms with Crippen molar-refractivity contribution in [3.63, 3.8) is 0 Å². The highest BCUT2D eigenvalue weighted by Gasteiger charge is 2.41. The van der Waals surface area contributed by atoms with Crippen molar-refractivity contribution in [2.75, 3.05) is 50.2 Å². The first-order valence-corrected chi connectivity index (χ1v) is 10.2. The number of piperazine rings is 1. The van der Waals surface area contributed by atoms with Gasteiger partial charge in [-0.1, -0.05) is 6.07 Å². The number of nitrogens with zero attached hydrogens (tertiary/aromatic N) is 2. The number of fused-ring (bicyclic) bond motifs is 3. The number of benzene rings is 2. The molecule has 2 aromatic rings. The number of rotatable bonds is 5. The van der Waals surface area contributed by atoms with Crippen molar-refractivity contribution in [1.29, 1.82) is 0 Å². The van der Waals surface area contributed by atoms with Crippen LogP contribution < -0.4 is 24.6 Å². The van der Waals surface area contributed by atoms with Crippen molar-refractivity contribution in [2.24, 2.45) is 5.92 Å². The first kappa shape index (κ1) is 19.4. The lowest BCUT2D eigenvalue weighted by molar-refractivity contribution is -0.125. The molecule has 2 aromatic carbocycles. The quantitative estimate of drug-likeness (QED) is 0.844. The molecule has 1 N–H and O–H groups in total. The summed E-state index contributed by atoms with van der Waals surface area (Å²) in [6.07, 6.45) is 0.753. The van der Waals surface area contributed by atoms with Crippen LogP contribution in [0.5, 0.6) is 11.5 Å². The van der Waals surface area contributed by atoms with Crippen LogP contribution in [-0.4, -0.2) is 52.3 Å². The number of anilines is 2. The Balaban J connectivity index is 1.65. The molecule has 0 unspecified atom stereocenters. The molecule has 6 nitrogen and oxygen atoms in total. The highest BCUT2D eigenvalue weighted by Crippen LogP contribution is 2.39. The van der Waals surface area contributed by atoms with Gasteiger partial charge in [0.2, 0.25) is 5.91 Å². The Morgan fingerprint density at radius 2 is 1.79 bits per heavy atom. The molecule has 0 spiro atoms. The fourth-order valence-corrected chi connectivity index (χ4v) is 4.54. The molecule has 0 aromatic heterocycles. The number of hydrogen-bond donors (Lipinski definition) is 1. The first-order chi connectivity index (χ1) is 14.1. The van der Waals surface area contributed by atoms with E-state index in [2.05, 4.69) is 39.4 Å². The lowest BCUT2D eigenvalue weighted by Gasteiger charge is -2.49. The van der Waals surface area contributed by atoms with Crippen LogP contribution in [0, 0.1) is 5.92 Å². The van der Waals surface area contributed by atoms with E-state index in [9.17, 15) is 4.79 Å². The Hall–Kier alpha value is -2.89. The molecule has 0 saturated carbocycles. The van der Waals surface area contributed by atoms with Crippen molar-refractivity contribution in [1.82, 2.24) is 5.32 Å². The van der Waals surface area contributed by atoms with Gasteiger partial charge in [0.15, 0.2) is 0 Å². The topological polar surface area (TPSA) is 54.0 Å². The van der Waals surface area contributed by atoms with E-state index in [4.69, 9.17) is 9.47 Å². The summed E-state index contributed by atoms with van der Waals surface area (Å²) < 4.78 is 10.7. The monoisotopic (exact) mass is 395 g/mol. The van der Waals surface area contributed by atoms with Crippen LogP contribution in [0.3, 0.4) is 0 Å². The van der Waals surface area contributed by atoms with E-state index in [-0.39, 0.29) is 17.9 Å². The minimum absolute atomic E-state index is 0.0723. The number of hydrogen-bond acceptors (Lipinski definition) is 5. The SMILES string of the molecule is CCNC(=O)[C@@H]1Cc2ccc(OC)cc2N2CCN(c3ccc(OC)cc3)C[C@@H]12. The second kappa shape index (κ2) is 8.23. The van der Waals surface area contributed by atoms with Gasteiger partial charge in [-0.15, -0.1) is 0 Å². The van der Waals surface area contributed by atoms with Gasteiger partial charge >= 0.3 is 0 Å². The maximum atomic E-state index is 12.9. The summed E-state index contributed by atoms with van der Waals surface area (Å²) in [6.45, 7) is 5.21. The maximum Gasteiger partial charge on any atom is 0.225 e. The lowest BCUT2D eigenvalue weighted by atomic mass is 9.83. The van der Waals surface area contributed by atoms with E-state index in [0.29, 0.717) is 6.54 Å². The second-order valence-corrected chi connectivity index (χ2v) is 7.60. The molecular formula is C23H29N3O3. The molecule has 154 valence electrons. The highest BCUT2D eigenvalue weighted by atomic mass is 16.5. The second-order valence-electron chi connectivity index (χ2n) is 7.60. The molecule has 2 aliphatic rings. The molecule has 0 bridgehead atoms. The molecule has 1 saturated heterocycles. The van der Waals surface area contributed by atoms with Gasteiger partial charge in [0, 0.05) is 43.6 Å². The van der Waals surface area contributed by atoms with Gasteiger partial charge in [0.1, 0.15) is 11.5 Å². The molecule has 29 heavy (non-hydrogen) atoms. The van der Waals surface area contributed by atoms with Crippen LogP contribution in [0.25, 0.3) is 0 Å². The predicted octanol–water partition coefficient (Wildman–Crippen LogP) is 2.71. The minimum Gasteiger partial charge on any atom is -0.497 e. The van der Waals surface area contributed by atoms with Crippen molar-refractivity contribution in [3.8, 4) is 11.5 Å². The smallest absolute Gasteiger partial charge is 0.225 e. The minimum atomic E-state index is -0.0723. The zero-order chi connectivity index (χ0) is 20.4. The molecule has 2 heterocycles. The number of methoxy groups -OCH3 is 2. The molecular weight excluding hydrogens is 366 g/mol. The summed E-state index contributed by atoms with van der Waals surface area (Å²) >= 11 is 0. The fraction of sp³-hybridized carbons (Fsp3) is 0.435. The van der Waals surface area contributed by atoms with E-state index in [1.54, 1.807) is 14.2 Å². The van der Waals surface area contributed by atoms with Crippen LogP contribution in [0.4, 0.5) is 11.4 Å². The zero-order valence-corrected chi connectivity index (χ0v) is 17.4. The average Bonchev–Trinajstić information content (AvgIpc) is 2.78. The van der Waals surface area contributed by atoms with Gasteiger partial charge in [0.25, 0.3) is 0 Å². The molecule has 1 fully saturated rings. The molecule has 0 aliphatic carbocycles. The number of amides is 1. The lowest BCUT2D eigenvalue weighted by Crippen LogP contribution is -2.61. The summed E-state index contributed by atoms with van der Waals surface area (Å²) in [5, 5.41) is 3.05. The van der Waals surface area contributed by atoms with E-state index in [1.807, 2.05) is 25.1 Å². The number of ether oxygens (including phenoxy) is 2. The molecule has 4 rings (SSSR count). The largest absolute Gasteiger partial charge is 0.497 e. The van der Waals surface area contributed by atoms with Gasteiger partial charge in [-0.3, -0.25) is 4.79 Å². The summed E-state index contributed by atoms with van der Waals surface area (Å²) in [5.41, 5.74) is 3.58. The van der Waals surface area contributed by atoms with Gasteiger partial charge in [-0.25, -0.2) is 0 Å². The summed E-state index contributed by atoms with van der Waals surface area (Å²) in [6, 6.07) is 14.5. The van der Waals surface area contributed by atoms with Crippen LogP contribution in [0.2, 0.25) is 0 Å². The summed E-state index contributed by atoms with van der Waals surface area (Å²) in [7, 11) is 3.37. The number of carbonyl (C=O) groups is 1. The molecule has 2 atom stereocenters. The van der Waals surface area contributed by atoms with Crippen molar-refractivity contribution >= 4 is 17.3 Å². The van der Waals surface area contributed by atoms with E-state index in [0.717, 1.165) is 43.2 Å². The van der Waals surface area contributed by atoms with Crippen molar-refractivity contribution < 1.29 is 14.3 Å². The van der Waals surface area contributed by atoms with Crippen LogP contribution in [0.15, 0.2) is 42.5 Å². The fourth-order valence-electron chi connectivity index (χ4n) is 4.54. The highest BCUT2D eigenvalue weighted by molar-refractivity contribution is 5.82. The third-order valence-corrected chi connectivity index (χ3v) is 6.05. The summed E-state index contributed by atoms with van der Waals surface area (Å²) in [4.78, 5) is 17.7. The molecule has 2 aliphatic heterocycles. The van der Waals surface area contributed by atoms with Gasteiger partial charge in [-0.05, 0) is 49.2 Å². The predicted molar refractivity (Wildman–Crippen MR) is 115 cm³/mol. The standard InChI is InChI=1S/C23H29N3O3/c1-4-24-23(27)20-13-16-5-8-19(29-3)14-21(16)26-12-11-25(15-22(20)26)17-6-9-18(28-2)10-7-17/h5-10,14,20,22H,4,11-13,15H2,1-3H3,(H,24,27)/t20-,22+/m1/s1. The maximum absolute atomic E-state index is 12.9. The first-order valence-electron chi connectivity index (χ1n) is 10.2. The van der Waals surface area contributed by atoms with Crippen molar-refractivity contribution in [3.05, 3.63) is 48.0 Å². The summed E-state index contributed by atoms with van der Waals surface area (Å²) in [5.74, 6) is 1.78. The van der Waals surface area contributed by atoms with Gasteiger partial charge < -0.3 is 24.6 Å². The van der Waals surface area contributed by atoms with E-state index < -0.39 is 0 Å². The van der Waals surface area contributed by atoms with Gasteiger partial charge in [-0.2, -0.15) is 0 Å². The Labute approximate surface area is 172 Å².